The Hall–Kier alpha value is -2.80. The number of nitrogens with one attached hydrogen (secondary N) is 1. The largest absolute Gasteiger partial charge is 0.513 e. The number of hydrogen-bond acceptors (Lipinski definition) is 5. The molecule has 3 amide bonds. The van der Waals surface area contributed by atoms with E-state index in [-0.39, 0.29) is 12.5 Å². The highest BCUT2D eigenvalue weighted by atomic mass is 32.2. The van der Waals surface area contributed by atoms with Crippen molar-refractivity contribution < 1.29 is 19.5 Å². The van der Waals surface area contributed by atoms with Crippen LogP contribution >= 0.6 is 11.8 Å². The third-order valence-electron chi connectivity index (χ3n) is 3.32. The molecule has 0 aromatic heterocycles. The first-order valence-electron chi connectivity index (χ1n) is 9.19. The van der Waals surface area contributed by atoms with Gasteiger partial charge in [0.1, 0.15) is 6.54 Å². The van der Waals surface area contributed by atoms with Gasteiger partial charge in [0.2, 0.25) is 5.91 Å². The number of aliphatic hydroxyl groups is 1. The van der Waals surface area contributed by atoms with Crippen LogP contribution in [0.3, 0.4) is 0 Å². The summed E-state index contributed by atoms with van der Waals surface area (Å²) in [5.74, 6) is -0.408. The zero-order valence-corrected chi connectivity index (χ0v) is 18.5. The predicted molar refractivity (Wildman–Crippen MR) is 121 cm³/mol. The number of anilines is 1. The van der Waals surface area contributed by atoms with Crippen molar-refractivity contribution in [2.24, 2.45) is 0 Å². The fourth-order valence-corrected chi connectivity index (χ4v) is 2.73. The van der Waals surface area contributed by atoms with E-state index in [1.807, 2.05) is 32.9 Å². The summed E-state index contributed by atoms with van der Waals surface area (Å²) in [7, 11) is 0. The number of benzene rings is 1. The Labute approximate surface area is 177 Å². The lowest BCUT2D eigenvalue weighted by Gasteiger charge is -2.12. The van der Waals surface area contributed by atoms with Crippen molar-refractivity contribution in [2.45, 2.75) is 41.0 Å². The van der Waals surface area contributed by atoms with Gasteiger partial charge in [0.15, 0.2) is 0 Å². The van der Waals surface area contributed by atoms with Crippen molar-refractivity contribution in [1.82, 2.24) is 4.90 Å². The molecule has 0 bridgehead atoms. The molecule has 1 fully saturated rings. The molecule has 1 aromatic carbocycles. The van der Waals surface area contributed by atoms with Crippen LogP contribution in [0.15, 0.2) is 59.7 Å². The van der Waals surface area contributed by atoms with E-state index in [0.29, 0.717) is 22.8 Å². The lowest BCUT2D eigenvalue weighted by atomic mass is 10.2. The van der Waals surface area contributed by atoms with Gasteiger partial charge in [-0.05, 0) is 58.0 Å². The lowest BCUT2D eigenvalue weighted by Crippen LogP contribution is -2.36. The zero-order valence-electron chi connectivity index (χ0n) is 17.7. The van der Waals surface area contributed by atoms with Crippen molar-refractivity contribution in [2.75, 3.05) is 11.9 Å². The molecule has 0 atom stereocenters. The second kappa shape index (κ2) is 14.2. The van der Waals surface area contributed by atoms with E-state index in [1.165, 1.54) is 0 Å². The van der Waals surface area contributed by atoms with Crippen LogP contribution in [0.1, 0.15) is 39.7 Å². The molecule has 0 spiro atoms. The van der Waals surface area contributed by atoms with Gasteiger partial charge in [-0.15, -0.1) is 6.58 Å². The zero-order chi connectivity index (χ0) is 22.4. The molecule has 2 rings (SSSR count). The van der Waals surface area contributed by atoms with E-state index in [0.717, 1.165) is 22.2 Å². The highest BCUT2D eigenvalue weighted by Crippen LogP contribution is 2.30. The minimum absolute atomic E-state index is 0.264. The molecule has 1 heterocycles. The molecule has 0 unspecified atom stereocenters. The Morgan fingerprint density at radius 1 is 1.24 bits per heavy atom. The maximum Gasteiger partial charge on any atom is 0.294 e. The summed E-state index contributed by atoms with van der Waals surface area (Å²) in [5, 5.41) is 10.5. The maximum absolute atomic E-state index is 12.0. The average Bonchev–Trinajstić information content (AvgIpc) is 2.92. The van der Waals surface area contributed by atoms with E-state index in [4.69, 9.17) is 5.11 Å². The van der Waals surface area contributed by atoms with E-state index in [1.54, 1.807) is 44.2 Å². The Kier molecular flexibility index (Phi) is 12.9. The average molecular weight is 419 g/mol. The number of carbonyl (C=O) groups excluding carboxylic acids is 3. The van der Waals surface area contributed by atoms with Gasteiger partial charge in [0, 0.05) is 5.69 Å². The smallest absolute Gasteiger partial charge is 0.294 e. The van der Waals surface area contributed by atoms with Crippen LogP contribution in [0, 0.1) is 6.92 Å². The van der Waals surface area contributed by atoms with E-state index in [2.05, 4.69) is 11.9 Å². The summed E-state index contributed by atoms with van der Waals surface area (Å²) in [5.41, 5.74) is 1.73. The molecule has 1 aromatic rings. The molecule has 0 radical (unpaired) electrons. The van der Waals surface area contributed by atoms with Crippen molar-refractivity contribution >= 4 is 34.5 Å². The Balaban J connectivity index is 0.000000838. The third kappa shape index (κ3) is 10.4. The van der Waals surface area contributed by atoms with Gasteiger partial charge >= 0.3 is 0 Å². The minimum Gasteiger partial charge on any atom is -0.513 e. The number of thioether (sulfide) groups is 1. The first-order valence-corrected chi connectivity index (χ1v) is 10.0. The highest BCUT2D eigenvalue weighted by Gasteiger charge is 2.35. The van der Waals surface area contributed by atoms with E-state index >= 15 is 0 Å². The fraction of sp³-hybridized carbons (Fsp3) is 0.318. The van der Waals surface area contributed by atoms with Crippen molar-refractivity contribution in [3.8, 4) is 0 Å². The summed E-state index contributed by atoms with van der Waals surface area (Å²) in [6.07, 6.45) is 5.76. The minimum atomic E-state index is -0.404. The van der Waals surface area contributed by atoms with Crippen LogP contribution in [0.4, 0.5) is 10.5 Å². The molecular formula is C22H30N2O4S. The molecule has 0 saturated carbocycles. The van der Waals surface area contributed by atoms with Gasteiger partial charge in [-0.1, -0.05) is 42.8 Å². The maximum atomic E-state index is 12.0. The molecule has 0 aliphatic carbocycles. The van der Waals surface area contributed by atoms with E-state index < -0.39 is 11.1 Å². The summed E-state index contributed by atoms with van der Waals surface area (Å²) >= 11 is 0.875. The number of aryl methyl sites for hydroxylation is 1. The lowest BCUT2D eigenvalue weighted by molar-refractivity contribution is -0.127. The van der Waals surface area contributed by atoms with Crippen LogP contribution < -0.4 is 5.32 Å². The van der Waals surface area contributed by atoms with Crippen LogP contribution in [-0.2, 0) is 9.59 Å². The number of carbonyl (C=O) groups is 3. The normalized spacial score (nSPS) is 14.6. The molecular weight excluding hydrogens is 388 g/mol. The SMILES string of the molecule is C/C=C(\C)O.C=CC.CC/C=C1\SC(=O)N(CC(=O)Nc2ccc(C)cc2)C1=O. The second-order valence-electron chi connectivity index (χ2n) is 5.99. The summed E-state index contributed by atoms with van der Waals surface area (Å²) in [4.78, 5) is 37.0. The molecule has 1 aliphatic heterocycles. The van der Waals surface area contributed by atoms with Gasteiger partial charge in [-0.3, -0.25) is 19.3 Å². The second-order valence-corrected chi connectivity index (χ2v) is 6.98. The van der Waals surface area contributed by atoms with Gasteiger partial charge < -0.3 is 10.4 Å². The van der Waals surface area contributed by atoms with Gasteiger partial charge in [0.25, 0.3) is 11.1 Å². The van der Waals surface area contributed by atoms with Crippen molar-refractivity contribution in [3.05, 3.63) is 65.3 Å². The first-order chi connectivity index (χ1) is 13.7. The third-order valence-corrected chi connectivity index (χ3v) is 4.27. The van der Waals surface area contributed by atoms with Gasteiger partial charge in [-0.2, -0.15) is 0 Å². The number of imide groups is 1. The molecule has 6 nitrogen and oxygen atoms in total. The molecule has 158 valence electrons. The number of nitrogens with zero attached hydrogens (tertiary/aromatic N) is 1. The number of hydrogen-bond donors (Lipinski definition) is 2. The monoisotopic (exact) mass is 418 g/mol. The van der Waals surface area contributed by atoms with E-state index in [9.17, 15) is 14.4 Å². The van der Waals surface area contributed by atoms with Gasteiger partial charge in [0.05, 0.1) is 10.7 Å². The standard InChI is InChI=1S/C15H16N2O3S.C4H8O.C3H6/c1-3-4-12-14(19)17(15(20)21-12)9-13(18)16-11-7-5-10(2)6-8-11;1-3-4(2)5;1-3-2/h4-8H,3,9H2,1-2H3,(H,16,18);3,5H,1-2H3;3H,1H2,2H3/b12-4-;4-3+;. The Bertz CT molecular complexity index is 764. The van der Waals surface area contributed by atoms with Gasteiger partial charge in [-0.25, -0.2) is 0 Å². The Morgan fingerprint density at radius 3 is 2.21 bits per heavy atom. The predicted octanol–water partition coefficient (Wildman–Crippen LogP) is 5.58. The molecule has 7 heteroatoms. The number of amides is 3. The van der Waals surface area contributed by atoms with Crippen molar-refractivity contribution in [1.29, 1.82) is 0 Å². The number of allylic oxidation sites excluding steroid dienone is 4. The highest BCUT2D eigenvalue weighted by molar-refractivity contribution is 8.18. The van der Waals surface area contributed by atoms with Crippen LogP contribution in [0.2, 0.25) is 0 Å². The van der Waals surface area contributed by atoms with Crippen LogP contribution in [0.5, 0.6) is 0 Å². The fourth-order valence-electron chi connectivity index (χ4n) is 1.84. The number of rotatable bonds is 4. The summed E-state index contributed by atoms with van der Waals surface area (Å²) in [6.45, 7) is 12.2. The van der Waals surface area contributed by atoms with Crippen molar-refractivity contribution in [3.63, 3.8) is 0 Å². The van der Waals surface area contributed by atoms with Crippen LogP contribution in [0.25, 0.3) is 0 Å². The first kappa shape index (κ1) is 26.2. The summed E-state index contributed by atoms with van der Waals surface area (Å²) in [6, 6.07) is 7.30. The van der Waals surface area contributed by atoms with Crippen LogP contribution in [-0.4, -0.2) is 33.6 Å². The molecule has 1 aliphatic rings. The number of aliphatic hydroxyl groups excluding tert-OH is 1. The molecule has 1 saturated heterocycles. The quantitative estimate of drug-likeness (QED) is 0.378. The summed E-state index contributed by atoms with van der Waals surface area (Å²) < 4.78 is 0. The topological polar surface area (TPSA) is 86.7 Å². The molecule has 2 N–H and O–H groups in total. The Morgan fingerprint density at radius 2 is 1.76 bits per heavy atom. The molecule has 29 heavy (non-hydrogen) atoms.